The van der Waals surface area contributed by atoms with Gasteiger partial charge in [-0.05, 0) is 18.9 Å². The number of hydrogen-bond acceptors (Lipinski definition) is 4. The van der Waals surface area contributed by atoms with Gasteiger partial charge in [0.05, 0.1) is 11.8 Å². The summed E-state index contributed by atoms with van der Waals surface area (Å²) in [5.41, 5.74) is -0.626. The van der Waals surface area contributed by atoms with E-state index in [0.29, 0.717) is 12.8 Å². The summed E-state index contributed by atoms with van der Waals surface area (Å²) in [5, 5.41) is 2.76. The van der Waals surface area contributed by atoms with Crippen molar-refractivity contribution >= 4 is 15.9 Å². The number of rotatable bonds is 5. The van der Waals surface area contributed by atoms with Gasteiger partial charge in [-0.2, -0.15) is 0 Å². The van der Waals surface area contributed by atoms with Crippen LogP contribution < -0.4 is 15.6 Å². The molecule has 128 valence electrons. The van der Waals surface area contributed by atoms with Gasteiger partial charge in [-0.3, -0.25) is 9.59 Å². The molecule has 1 fully saturated rings. The molecule has 1 heterocycles. The SMILES string of the molecule is Cn1ccc(C(=O)NCC2(NS(C)(=O)=O)CCCCC2)cc1=O. The number of aromatic nitrogens is 1. The van der Waals surface area contributed by atoms with E-state index in [9.17, 15) is 18.0 Å². The smallest absolute Gasteiger partial charge is 0.251 e. The van der Waals surface area contributed by atoms with Gasteiger partial charge in [-0.1, -0.05) is 19.3 Å². The molecule has 1 aliphatic carbocycles. The number of carbonyl (C=O) groups excluding carboxylic acids is 1. The van der Waals surface area contributed by atoms with Crippen LogP contribution in [0.3, 0.4) is 0 Å². The molecule has 1 aromatic rings. The van der Waals surface area contributed by atoms with E-state index in [1.54, 1.807) is 13.1 Å². The number of pyridine rings is 1. The Labute approximate surface area is 136 Å². The maximum Gasteiger partial charge on any atom is 0.251 e. The van der Waals surface area contributed by atoms with Crippen LogP contribution in [-0.2, 0) is 17.1 Å². The zero-order valence-corrected chi connectivity index (χ0v) is 14.3. The molecule has 8 heteroatoms. The number of sulfonamides is 1. The lowest BCUT2D eigenvalue weighted by atomic mass is 9.82. The van der Waals surface area contributed by atoms with Crippen LogP contribution in [0.4, 0.5) is 0 Å². The maximum atomic E-state index is 12.2. The summed E-state index contributed by atoms with van der Waals surface area (Å²) in [5.74, 6) is -0.372. The molecule has 1 saturated carbocycles. The van der Waals surface area contributed by atoms with E-state index in [2.05, 4.69) is 10.0 Å². The summed E-state index contributed by atoms with van der Waals surface area (Å²) in [7, 11) is -1.75. The lowest BCUT2D eigenvalue weighted by molar-refractivity contribution is 0.0934. The minimum absolute atomic E-state index is 0.216. The number of hydrogen-bond donors (Lipinski definition) is 2. The Morgan fingerprint density at radius 1 is 1.30 bits per heavy atom. The molecule has 0 unspecified atom stereocenters. The standard InChI is InChI=1S/C15H23N3O4S/c1-18-9-6-12(10-13(18)19)14(20)16-11-15(17-23(2,21)22)7-4-3-5-8-15/h6,9-10,17H,3-5,7-8,11H2,1-2H3,(H,16,20). The van der Waals surface area contributed by atoms with Crippen LogP contribution in [0.1, 0.15) is 42.5 Å². The predicted molar refractivity (Wildman–Crippen MR) is 87.8 cm³/mol. The van der Waals surface area contributed by atoms with Crippen molar-refractivity contribution in [2.45, 2.75) is 37.6 Å². The van der Waals surface area contributed by atoms with Crippen LogP contribution in [-0.4, -0.2) is 37.2 Å². The third-order valence-corrected chi connectivity index (χ3v) is 4.97. The summed E-state index contributed by atoms with van der Waals surface area (Å²) in [6.07, 6.45) is 6.95. The molecule has 0 radical (unpaired) electrons. The molecule has 0 aliphatic heterocycles. The molecule has 2 rings (SSSR count). The van der Waals surface area contributed by atoms with E-state index in [0.717, 1.165) is 25.5 Å². The number of amides is 1. The molecule has 0 aromatic carbocycles. The average Bonchev–Trinajstić information content (AvgIpc) is 2.47. The molecule has 2 N–H and O–H groups in total. The Kier molecular flexibility index (Phi) is 5.26. The number of nitrogens with zero attached hydrogens (tertiary/aromatic N) is 1. The highest BCUT2D eigenvalue weighted by atomic mass is 32.2. The first-order valence-corrected chi connectivity index (χ1v) is 9.54. The largest absolute Gasteiger partial charge is 0.350 e. The quantitative estimate of drug-likeness (QED) is 0.808. The van der Waals surface area contributed by atoms with Gasteiger partial charge in [0.25, 0.3) is 11.5 Å². The van der Waals surface area contributed by atoms with Crippen molar-refractivity contribution in [3.63, 3.8) is 0 Å². The molecule has 1 aliphatic rings. The highest BCUT2D eigenvalue weighted by Crippen LogP contribution is 2.28. The van der Waals surface area contributed by atoms with Crippen molar-refractivity contribution < 1.29 is 13.2 Å². The minimum atomic E-state index is -3.36. The molecule has 7 nitrogen and oxygen atoms in total. The van der Waals surface area contributed by atoms with Crippen molar-refractivity contribution in [2.24, 2.45) is 7.05 Å². The summed E-state index contributed by atoms with van der Waals surface area (Å²) < 4.78 is 27.3. The maximum absolute atomic E-state index is 12.2. The van der Waals surface area contributed by atoms with E-state index < -0.39 is 15.6 Å². The van der Waals surface area contributed by atoms with Crippen LogP contribution in [0.25, 0.3) is 0 Å². The number of nitrogens with one attached hydrogen (secondary N) is 2. The number of aryl methyl sites for hydroxylation is 1. The summed E-state index contributed by atoms with van der Waals surface area (Å²) in [4.78, 5) is 23.8. The zero-order valence-electron chi connectivity index (χ0n) is 13.5. The van der Waals surface area contributed by atoms with E-state index in [1.807, 2.05) is 0 Å². The van der Waals surface area contributed by atoms with Gasteiger partial charge >= 0.3 is 0 Å². The van der Waals surface area contributed by atoms with E-state index >= 15 is 0 Å². The van der Waals surface area contributed by atoms with Crippen LogP contribution in [0, 0.1) is 0 Å². The van der Waals surface area contributed by atoms with Crippen molar-refractivity contribution in [2.75, 3.05) is 12.8 Å². The first kappa shape index (κ1) is 17.7. The van der Waals surface area contributed by atoms with E-state index in [-0.39, 0.29) is 23.6 Å². The third-order valence-electron chi connectivity index (χ3n) is 4.17. The predicted octanol–water partition coefficient (Wildman–Crippen LogP) is 0.367. The molecule has 0 bridgehead atoms. The Hall–Kier alpha value is -1.67. The molecule has 1 aromatic heterocycles. The first-order chi connectivity index (χ1) is 10.7. The second kappa shape index (κ2) is 6.84. The Balaban J connectivity index is 2.09. The average molecular weight is 341 g/mol. The van der Waals surface area contributed by atoms with E-state index in [1.165, 1.54) is 16.8 Å². The van der Waals surface area contributed by atoms with Gasteiger partial charge < -0.3 is 9.88 Å². The van der Waals surface area contributed by atoms with Crippen molar-refractivity contribution in [1.82, 2.24) is 14.6 Å². The first-order valence-electron chi connectivity index (χ1n) is 7.65. The summed E-state index contributed by atoms with van der Waals surface area (Å²) in [6, 6.07) is 2.83. The minimum Gasteiger partial charge on any atom is -0.350 e. The second-order valence-corrected chi connectivity index (χ2v) is 8.01. The Morgan fingerprint density at radius 3 is 2.52 bits per heavy atom. The van der Waals surface area contributed by atoms with E-state index in [4.69, 9.17) is 0 Å². The molecule has 1 amide bonds. The fourth-order valence-corrected chi connectivity index (χ4v) is 4.04. The van der Waals surface area contributed by atoms with Gasteiger partial charge in [-0.15, -0.1) is 0 Å². The Morgan fingerprint density at radius 2 is 1.96 bits per heavy atom. The van der Waals surface area contributed by atoms with Gasteiger partial charge in [-0.25, -0.2) is 13.1 Å². The normalized spacial score (nSPS) is 17.7. The fraction of sp³-hybridized carbons (Fsp3) is 0.600. The van der Waals surface area contributed by atoms with Gasteiger partial charge in [0.15, 0.2) is 0 Å². The van der Waals surface area contributed by atoms with Gasteiger partial charge in [0.1, 0.15) is 0 Å². The molecule has 0 saturated heterocycles. The monoisotopic (exact) mass is 341 g/mol. The Bertz CT molecular complexity index is 733. The van der Waals surface area contributed by atoms with Gasteiger partial charge in [0.2, 0.25) is 10.0 Å². The van der Waals surface area contributed by atoms with Crippen molar-refractivity contribution in [3.8, 4) is 0 Å². The molecule has 0 spiro atoms. The lowest BCUT2D eigenvalue weighted by Gasteiger charge is -2.37. The highest BCUT2D eigenvalue weighted by molar-refractivity contribution is 7.88. The molecular weight excluding hydrogens is 318 g/mol. The third kappa shape index (κ3) is 4.90. The highest BCUT2D eigenvalue weighted by Gasteiger charge is 2.35. The van der Waals surface area contributed by atoms with Gasteiger partial charge in [0, 0.05) is 31.4 Å². The van der Waals surface area contributed by atoms with Crippen molar-refractivity contribution in [1.29, 1.82) is 0 Å². The van der Waals surface area contributed by atoms with Crippen LogP contribution in [0.5, 0.6) is 0 Å². The van der Waals surface area contributed by atoms with Crippen LogP contribution >= 0.6 is 0 Å². The zero-order chi connectivity index (χ0) is 17.1. The van der Waals surface area contributed by atoms with Crippen LogP contribution in [0.15, 0.2) is 23.1 Å². The molecule has 23 heavy (non-hydrogen) atoms. The van der Waals surface area contributed by atoms with Crippen molar-refractivity contribution in [3.05, 3.63) is 34.2 Å². The summed E-state index contributed by atoms with van der Waals surface area (Å²) in [6.45, 7) is 0.216. The second-order valence-electron chi connectivity index (χ2n) is 6.26. The fourth-order valence-electron chi connectivity index (χ4n) is 2.98. The number of carbonyl (C=O) groups is 1. The summed E-state index contributed by atoms with van der Waals surface area (Å²) >= 11 is 0. The van der Waals surface area contributed by atoms with Crippen LogP contribution in [0.2, 0.25) is 0 Å². The molecule has 0 atom stereocenters. The molecular formula is C15H23N3O4S. The lowest BCUT2D eigenvalue weighted by Crippen LogP contribution is -2.56. The topological polar surface area (TPSA) is 97.3 Å².